The van der Waals surface area contributed by atoms with Gasteiger partial charge in [0.25, 0.3) is 11.8 Å². The highest BCUT2D eigenvalue weighted by atomic mass is 16.5. The van der Waals surface area contributed by atoms with Gasteiger partial charge in [0.15, 0.2) is 0 Å². The summed E-state index contributed by atoms with van der Waals surface area (Å²) in [5, 5.41) is 5.40. The second-order valence-electron chi connectivity index (χ2n) is 7.78. The fourth-order valence-corrected chi connectivity index (χ4v) is 3.41. The fraction of sp³-hybridized carbons (Fsp3) is 0.500. The first kappa shape index (κ1) is 21.1. The Balaban J connectivity index is 1.68. The minimum atomic E-state index is -0.965. The summed E-state index contributed by atoms with van der Waals surface area (Å²) in [6.45, 7) is 5.60. The van der Waals surface area contributed by atoms with Crippen molar-refractivity contribution in [3.63, 3.8) is 0 Å². The number of nitrogens with two attached hydrogens (primary N) is 1. The first-order valence-corrected chi connectivity index (χ1v) is 9.63. The molecule has 1 saturated heterocycles. The highest BCUT2D eigenvalue weighted by Crippen LogP contribution is 2.29. The first-order chi connectivity index (χ1) is 13.7. The van der Waals surface area contributed by atoms with Crippen molar-refractivity contribution >= 4 is 23.6 Å². The van der Waals surface area contributed by atoms with E-state index in [1.807, 2.05) is 13.8 Å². The van der Waals surface area contributed by atoms with Crippen LogP contribution in [0.1, 0.15) is 53.0 Å². The summed E-state index contributed by atoms with van der Waals surface area (Å²) in [5.74, 6) is -2.02. The van der Waals surface area contributed by atoms with Gasteiger partial charge in [0, 0.05) is 26.1 Å². The van der Waals surface area contributed by atoms with Crippen LogP contribution in [0.2, 0.25) is 0 Å². The number of benzene rings is 1. The van der Waals surface area contributed by atoms with Crippen molar-refractivity contribution in [2.45, 2.75) is 44.9 Å². The van der Waals surface area contributed by atoms with Crippen LogP contribution >= 0.6 is 0 Å². The molecule has 2 aliphatic rings. The van der Waals surface area contributed by atoms with Crippen LogP contribution in [-0.4, -0.2) is 59.9 Å². The number of carbonyl (C=O) groups is 4. The van der Waals surface area contributed by atoms with E-state index >= 15 is 0 Å². The van der Waals surface area contributed by atoms with E-state index in [9.17, 15) is 19.2 Å². The largest absolute Gasteiger partial charge is 0.373 e. The van der Waals surface area contributed by atoms with E-state index in [0.29, 0.717) is 37.4 Å². The van der Waals surface area contributed by atoms with Crippen molar-refractivity contribution in [3.8, 4) is 0 Å². The van der Waals surface area contributed by atoms with Crippen molar-refractivity contribution < 1.29 is 23.9 Å². The molecule has 1 aromatic rings. The molecule has 2 heterocycles. The number of imide groups is 2. The maximum absolute atomic E-state index is 13.0. The Bertz CT molecular complexity index is 851. The maximum Gasteiger partial charge on any atom is 0.262 e. The zero-order valence-corrected chi connectivity index (χ0v) is 16.6. The van der Waals surface area contributed by atoms with Gasteiger partial charge in [-0.1, -0.05) is 12.1 Å². The Labute approximate surface area is 168 Å². The molecule has 4 N–H and O–H groups in total. The third-order valence-electron chi connectivity index (χ3n) is 5.13. The van der Waals surface area contributed by atoms with Crippen LogP contribution in [0.3, 0.4) is 0 Å². The third kappa shape index (κ3) is 4.36. The van der Waals surface area contributed by atoms with E-state index in [0.717, 1.165) is 4.90 Å². The van der Waals surface area contributed by atoms with E-state index in [-0.39, 0.29) is 18.4 Å². The number of hydrogen-bond donors (Lipinski definition) is 3. The van der Waals surface area contributed by atoms with E-state index in [1.54, 1.807) is 18.2 Å². The van der Waals surface area contributed by atoms with Crippen molar-refractivity contribution in [1.82, 2.24) is 15.5 Å². The van der Waals surface area contributed by atoms with E-state index in [1.165, 1.54) is 0 Å². The molecule has 0 radical (unpaired) electrons. The molecule has 9 nitrogen and oxygen atoms in total. The van der Waals surface area contributed by atoms with Gasteiger partial charge in [0.05, 0.1) is 23.3 Å². The Morgan fingerprint density at radius 2 is 2.00 bits per heavy atom. The average Bonchev–Trinajstić information content (AvgIpc) is 2.93. The molecular weight excluding hydrogens is 376 g/mol. The van der Waals surface area contributed by atoms with Crippen LogP contribution in [-0.2, 0) is 20.9 Å². The molecule has 1 aromatic carbocycles. The van der Waals surface area contributed by atoms with Crippen LogP contribution in [0.4, 0.5) is 0 Å². The van der Waals surface area contributed by atoms with Gasteiger partial charge in [-0.05, 0) is 31.9 Å². The summed E-state index contributed by atoms with van der Waals surface area (Å²) >= 11 is 0. The number of nitrogens with zero attached hydrogens (tertiary/aromatic N) is 1. The second-order valence-corrected chi connectivity index (χ2v) is 7.78. The van der Waals surface area contributed by atoms with Gasteiger partial charge in [0.2, 0.25) is 11.8 Å². The van der Waals surface area contributed by atoms with Gasteiger partial charge in [-0.3, -0.25) is 29.4 Å². The topological polar surface area (TPSA) is 131 Å². The lowest BCUT2D eigenvalue weighted by Gasteiger charge is -2.27. The van der Waals surface area contributed by atoms with E-state index < -0.39 is 35.3 Å². The van der Waals surface area contributed by atoms with Crippen LogP contribution in [0, 0.1) is 0 Å². The van der Waals surface area contributed by atoms with Gasteiger partial charge < -0.3 is 15.8 Å². The summed E-state index contributed by atoms with van der Waals surface area (Å²) in [6, 6.07) is 4.10. The summed E-state index contributed by atoms with van der Waals surface area (Å²) in [7, 11) is 0. The third-order valence-corrected chi connectivity index (χ3v) is 5.13. The molecule has 0 saturated carbocycles. The van der Waals surface area contributed by atoms with Gasteiger partial charge in [-0.25, -0.2) is 0 Å². The van der Waals surface area contributed by atoms with Crippen molar-refractivity contribution in [2.75, 3.05) is 19.7 Å². The van der Waals surface area contributed by atoms with Crippen molar-refractivity contribution in [1.29, 1.82) is 0 Å². The fourth-order valence-electron chi connectivity index (χ4n) is 3.41. The lowest BCUT2D eigenvalue weighted by atomic mass is 10.0. The molecule has 3 rings (SSSR count). The Kier molecular flexibility index (Phi) is 6.11. The molecule has 1 unspecified atom stereocenters. The highest BCUT2D eigenvalue weighted by Gasteiger charge is 2.45. The molecule has 2 aliphatic heterocycles. The number of hydrogen-bond acceptors (Lipinski definition) is 7. The molecule has 1 atom stereocenters. The summed E-state index contributed by atoms with van der Waals surface area (Å²) in [6.07, 6.45) is 0.232. The number of nitrogens with one attached hydrogen (secondary N) is 2. The number of carbonyl (C=O) groups excluding carboxylic acids is 4. The highest BCUT2D eigenvalue weighted by molar-refractivity contribution is 6.24. The molecule has 4 amide bonds. The Hall–Kier alpha value is -2.62. The summed E-state index contributed by atoms with van der Waals surface area (Å²) < 4.78 is 5.68. The lowest BCUT2D eigenvalue weighted by Crippen LogP contribution is -2.54. The van der Waals surface area contributed by atoms with Gasteiger partial charge >= 0.3 is 0 Å². The van der Waals surface area contributed by atoms with Crippen molar-refractivity contribution in [2.24, 2.45) is 5.73 Å². The van der Waals surface area contributed by atoms with Crippen LogP contribution < -0.4 is 16.4 Å². The van der Waals surface area contributed by atoms with E-state index in [4.69, 9.17) is 10.5 Å². The monoisotopic (exact) mass is 402 g/mol. The standard InChI is InChI=1S/C20H26N4O5/c1-20(2,11-21)29-9-8-22-10-12-4-3-5-13-16(12)19(28)24(18(13)27)14-6-7-15(25)23-17(14)26/h3-5,14,22H,6-11,21H2,1-2H3,(H,23,25,26). The molecular formula is C20H26N4O5. The Morgan fingerprint density at radius 3 is 2.69 bits per heavy atom. The lowest BCUT2D eigenvalue weighted by molar-refractivity contribution is -0.136. The number of rotatable bonds is 8. The molecule has 156 valence electrons. The average molecular weight is 402 g/mol. The van der Waals surface area contributed by atoms with Crippen molar-refractivity contribution in [3.05, 3.63) is 34.9 Å². The molecule has 9 heteroatoms. The molecule has 1 fully saturated rings. The maximum atomic E-state index is 13.0. The van der Waals surface area contributed by atoms with Crippen LogP contribution in [0.5, 0.6) is 0 Å². The molecule has 0 spiro atoms. The van der Waals surface area contributed by atoms with Gasteiger partial charge in [-0.2, -0.15) is 0 Å². The first-order valence-electron chi connectivity index (χ1n) is 9.63. The minimum Gasteiger partial charge on any atom is -0.373 e. The number of ether oxygens (including phenoxy) is 1. The molecule has 29 heavy (non-hydrogen) atoms. The SMILES string of the molecule is CC(C)(CN)OCCNCc1cccc2c1C(=O)N(C1CCC(=O)NC1=O)C2=O. The van der Waals surface area contributed by atoms with Crippen LogP contribution in [0.25, 0.3) is 0 Å². The second kappa shape index (κ2) is 8.40. The normalized spacial score (nSPS) is 19.6. The predicted octanol–water partition coefficient (Wildman–Crippen LogP) is -0.0687. The summed E-state index contributed by atoms with van der Waals surface area (Å²) in [4.78, 5) is 50.3. The van der Waals surface area contributed by atoms with Gasteiger partial charge in [0.1, 0.15) is 6.04 Å². The molecule has 0 bridgehead atoms. The molecule has 0 aromatic heterocycles. The Morgan fingerprint density at radius 1 is 1.24 bits per heavy atom. The predicted molar refractivity (Wildman–Crippen MR) is 104 cm³/mol. The minimum absolute atomic E-state index is 0.0946. The van der Waals surface area contributed by atoms with Gasteiger partial charge in [-0.15, -0.1) is 0 Å². The molecule has 0 aliphatic carbocycles. The number of piperidine rings is 1. The smallest absolute Gasteiger partial charge is 0.262 e. The number of fused-ring (bicyclic) bond motifs is 1. The quantitative estimate of drug-likeness (QED) is 0.410. The van der Waals surface area contributed by atoms with E-state index in [2.05, 4.69) is 10.6 Å². The zero-order chi connectivity index (χ0) is 21.2. The number of amides is 4. The summed E-state index contributed by atoms with van der Waals surface area (Å²) in [5.41, 5.74) is 6.48. The zero-order valence-electron chi connectivity index (χ0n) is 16.6. The van der Waals surface area contributed by atoms with Crippen LogP contribution in [0.15, 0.2) is 18.2 Å².